The van der Waals surface area contributed by atoms with Crippen LogP contribution in [0.5, 0.6) is 0 Å². The highest BCUT2D eigenvalue weighted by molar-refractivity contribution is 5.90. The van der Waals surface area contributed by atoms with Crippen LogP contribution < -0.4 is 10.6 Å². The topological polar surface area (TPSA) is 80.3 Å². The van der Waals surface area contributed by atoms with Gasteiger partial charge in [0, 0.05) is 30.4 Å². The Morgan fingerprint density at radius 2 is 1.77 bits per heavy atom. The van der Waals surface area contributed by atoms with Gasteiger partial charge < -0.3 is 15.4 Å². The van der Waals surface area contributed by atoms with Crippen LogP contribution in [-0.2, 0) is 16.1 Å². The Morgan fingerprint density at radius 1 is 0.935 bits per heavy atom. The van der Waals surface area contributed by atoms with Gasteiger partial charge >= 0.3 is 6.09 Å². The summed E-state index contributed by atoms with van der Waals surface area (Å²) < 4.78 is 5.13. The SMILES string of the molecule is O=C(CCCNC(=O)OCc1ccccc1)Nc1cccc(C#Cc2ccccn2)c1. The van der Waals surface area contributed by atoms with Gasteiger partial charge in [-0.25, -0.2) is 9.78 Å². The number of carbonyl (C=O) groups excluding carboxylic acids is 2. The van der Waals surface area contributed by atoms with Gasteiger partial charge in [0.05, 0.1) is 0 Å². The molecule has 0 aliphatic rings. The van der Waals surface area contributed by atoms with Crippen LogP contribution in [0.4, 0.5) is 10.5 Å². The zero-order chi connectivity index (χ0) is 21.7. The van der Waals surface area contributed by atoms with Crippen LogP contribution >= 0.6 is 0 Å². The van der Waals surface area contributed by atoms with Crippen LogP contribution in [0.2, 0.25) is 0 Å². The highest BCUT2D eigenvalue weighted by Gasteiger charge is 2.05. The van der Waals surface area contributed by atoms with Crippen molar-refractivity contribution in [2.24, 2.45) is 0 Å². The Morgan fingerprint density at radius 3 is 2.58 bits per heavy atom. The number of alkyl carbamates (subject to hydrolysis) is 1. The molecule has 0 saturated carbocycles. The predicted molar refractivity (Wildman–Crippen MR) is 119 cm³/mol. The van der Waals surface area contributed by atoms with Crippen molar-refractivity contribution in [2.45, 2.75) is 19.4 Å². The van der Waals surface area contributed by atoms with Gasteiger partial charge in [0.25, 0.3) is 0 Å². The van der Waals surface area contributed by atoms with E-state index in [0.29, 0.717) is 24.3 Å². The average molecular weight is 413 g/mol. The van der Waals surface area contributed by atoms with Crippen molar-refractivity contribution >= 4 is 17.7 Å². The number of rotatable bonds is 7. The minimum absolute atomic E-state index is 0.130. The first-order valence-corrected chi connectivity index (χ1v) is 9.96. The van der Waals surface area contributed by atoms with Crippen LogP contribution in [0.3, 0.4) is 0 Å². The van der Waals surface area contributed by atoms with E-state index >= 15 is 0 Å². The molecule has 2 N–H and O–H groups in total. The Kier molecular flexibility index (Phi) is 8.21. The van der Waals surface area contributed by atoms with Crippen LogP contribution in [0, 0.1) is 11.8 Å². The molecule has 0 radical (unpaired) electrons. The van der Waals surface area contributed by atoms with Gasteiger partial charge in [-0.1, -0.05) is 48.4 Å². The molecule has 31 heavy (non-hydrogen) atoms. The number of hydrogen-bond acceptors (Lipinski definition) is 4. The van der Waals surface area contributed by atoms with Crippen molar-refractivity contribution in [3.8, 4) is 11.8 Å². The summed E-state index contributed by atoms with van der Waals surface area (Å²) in [5.41, 5.74) is 3.06. The van der Waals surface area contributed by atoms with Gasteiger partial charge in [-0.3, -0.25) is 4.79 Å². The summed E-state index contributed by atoms with van der Waals surface area (Å²) in [6.07, 6.45) is 1.98. The molecule has 0 spiro atoms. The molecule has 1 aromatic heterocycles. The van der Waals surface area contributed by atoms with E-state index in [0.717, 1.165) is 11.1 Å². The van der Waals surface area contributed by atoms with E-state index in [9.17, 15) is 9.59 Å². The van der Waals surface area contributed by atoms with E-state index in [4.69, 9.17) is 4.74 Å². The quantitative estimate of drug-likeness (QED) is 0.451. The zero-order valence-corrected chi connectivity index (χ0v) is 17.0. The fourth-order valence-electron chi connectivity index (χ4n) is 2.68. The molecule has 1 heterocycles. The Labute approximate surface area is 181 Å². The maximum Gasteiger partial charge on any atom is 0.407 e. The first kappa shape index (κ1) is 21.6. The van der Waals surface area contributed by atoms with Crippen molar-refractivity contribution in [1.29, 1.82) is 0 Å². The molecule has 0 saturated heterocycles. The molecule has 0 atom stereocenters. The largest absolute Gasteiger partial charge is 0.445 e. The summed E-state index contributed by atoms with van der Waals surface area (Å²) in [6.45, 7) is 0.573. The Balaban J connectivity index is 1.37. The number of benzene rings is 2. The highest BCUT2D eigenvalue weighted by Crippen LogP contribution is 2.11. The molecule has 6 nitrogen and oxygen atoms in total. The normalized spacial score (nSPS) is 9.81. The Hall–Kier alpha value is -4.11. The van der Waals surface area contributed by atoms with E-state index in [1.807, 2.05) is 72.8 Å². The fraction of sp³-hybridized carbons (Fsp3) is 0.160. The number of ether oxygens (including phenoxy) is 1. The second-order valence-electron chi connectivity index (χ2n) is 6.69. The number of anilines is 1. The van der Waals surface area contributed by atoms with Crippen molar-refractivity contribution in [1.82, 2.24) is 10.3 Å². The molecule has 0 aliphatic heterocycles. The van der Waals surface area contributed by atoms with Crippen molar-refractivity contribution in [3.05, 3.63) is 95.8 Å². The molecule has 2 amide bonds. The lowest BCUT2D eigenvalue weighted by molar-refractivity contribution is -0.116. The lowest BCUT2D eigenvalue weighted by atomic mass is 10.2. The van der Waals surface area contributed by atoms with E-state index in [-0.39, 0.29) is 18.9 Å². The standard InChI is InChI=1S/C25H23N3O3/c29-24(13-7-17-27-25(30)31-19-21-8-2-1-3-9-21)28-23-12-6-10-20(18-23)14-15-22-11-4-5-16-26-22/h1-6,8-12,16,18H,7,13,17,19H2,(H,27,30)(H,28,29). The van der Waals surface area contributed by atoms with Gasteiger partial charge in [0.2, 0.25) is 5.91 Å². The molecule has 3 aromatic rings. The third kappa shape index (κ3) is 8.03. The molecular formula is C25H23N3O3. The van der Waals surface area contributed by atoms with E-state index in [1.54, 1.807) is 6.20 Å². The summed E-state index contributed by atoms with van der Waals surface area (Å²) in [6, 6.07) is 22.3. The minimum atomic E-state index is -0.497. The fourth-order valence-corrected chi connectivity index (χ4v) is 2.68. The molecule has 2 aromatic carbocycles. The molecule has 0 unspecified atom stereocenters. The summed E-state index contributed by atoms with van der Waals surface area (Å²) in [5.74, 6) is 5.90. The van der Waals surface area contributed by atoms with Gasteiger partial charge in [-0.15, -0.1) is 0 Å². The van der Waals surface area contributed by atoms with Crippen molar-refractivity contribution in [3.63, 3.8) is 0 Å². The van der Waals surface area contributed by atoms with Gasteiger partial charge in [-0.2, -0.15) is 0 Å². The van der Waals surface area contributed by atoms with Crippen LogP contribution in [0.15, 0.2) is 79.0 Å². The second kappa shape index (κ2) is 11.8. The number of hydrogen-bond donors (Lipinski definition) is 2. The lowest BCUT2D eigenvalue weighted by Crippen LogP contribution is -2.26. The van der Waals surface area contributed by atoms with Crippen molar-refractivity contribution < 1.29 is 14.3 Å². The van der Waals surface area contributed by atoms with Gasteiger partial charge in [0.15, 0.2) is 0 Å². The van der Waals surface area contributed by atoms with Crippen molar-refractivity contribution in [2.75, 3.05) is 11.9 Å². The summed E-state index contributed by atoms with van der Waals surface area (Å²) in [7, 11) is 0. The molecule has 0 bridgehead atoms. The zero-order valence-electron chi connectivity index (χ0n) is 17.0. The third-order valence-corrected chi connectivity index (χ3v) is 4.21. The number of aromatic nitrogens is 1. The highest BCUT2D eigenvalue weighted by atomic mass is 16.5. The second-order valence-corrected chi connectivity index (χ2v) is 6.69. The summed E-state index contributed by atoms with van der Waals surface area (Å²) >= 11 is 0. The first-order chi connectivity index (χ1) is 15.2. The Bertz CT molecular complexity index is 1060. The van der Waals surface area contributed by atoms with E-state index in [1.165, 1.54) is 0 Å². The molecule has 0 fully saturated rings. The summed E-state index contributed by atoms with van der Waals surface area (Å²) in [5, 5.41) is 5.50. The number of carbonyl (C=O) groups is 2. The predicted octanol–water partition coefficient (Wildman–Crippen LogP) is 4.13. The molecular weight excluding hydrogens is 390 g/mol. The average Bonchev–Trinajstić information content (AvgIpc) is 2.81. The molecule has 0 aliphatic carbocycles. The van der Waals surface area contributed by atoms with Crippen LogP contribution in [0.25, 0.3) is 0 Å². The third-order valence-electron chi connectivity index (χ3n) is 4.21. The maximum atomic E-state index is 12.2. The minimum Gasteiger partial charge on any atom is -0.445 e. The van der Waals surface area contributed by atoms with Crippen LogP contribution in [0.1, 0.15) is 29.7 Å². The van der Waals surface area contributed by atoms with E-state index < -0.39 is 6.09 Å². The first-order valence-electron chi connectivity index (χ1n) is 9.96. The number of amides is 2. The summed E-state index contributed by atoms with van der Waals surface area (Å²) in [4.78, 5) is 28.0. The maximum absolute atomic E-state index is 12.2. The number of nitrogens with zero attached hydrogens (tertiary/aromatic N) is 1. The van der Waals surface area contributed by atoms with Gasteiger partial charge in [-0.05, 0) is 48.2 Å². The molecule has 3 rings (SSSR count). The number of pyridine rings is 1. The lowest BCUT2D eigenvalue weighted by Gasteiger charge is -2.08. The smallest absolute Gasteiger partial charge is 0.407 e. The molecule has 6 heteroatoms. The molecule has 156 valence electrons. The van der Waals surface area contributed by atoms with Gasteiger partial charge in [0.1, 0.15) is 12.3 Å². The monoisotopic (exact) mass is 413 g/mol. The van der Waals surface area contributed by atoms with E-state index in [2.05, 4.69) is 27.5 Å². The number of nitrogens with one attached hydrogen (secondary N) is 2. The van der Waals surface area contributed by atoms with Crippen LogP contribution in [-0.4, -0.2) is 23.5 Å².